The lowest BCUT2D eigenvalue weighted by atomic mass is 9.92. The van der Waals surface area contributed by atoms with Crippen LogP contribution in [0.15, 0.2) is 30.9 Å². The number of carbonyl (C=O) groups is 1. The molecule has 1 amide bonds. The van der Waals surface area contributed by atoms with Gasteiger partial charge in [-0.25, -0.2) is 19.5 Å². The summed E-state index contributed by atoms with van der Waals surface area (Å²) in [5.41, 5.74) is 1.67. The Morgan fingerprint density at radius 2 is 1.69 bits per heavy atom. The van der Waals surface area contributed by atoms with Gasteiger partial charge >= 0.3 is 0 Å². The molecule has 0 atom stereocenters. The van der Waals surface area contributed by atoms with Crippen LogP contribution in [0.4, 0.5) is 17.3 Å². The SMILES string of the molecule is CN(C)S(=O)(=O)NC1CCC(Nc2cc(NC3CC3)c3ncc(C(=O)Nc4ccncn4)n3n2)CC1. The first kappa shape index (κ1) is 24.3. The zero-order valence-electron chi connectivity index (χ0n) is 20.2. The van der Waals surface area contributed by atoms with Crippen molar-refractivity contribution in [2.24, 2.45) is 0 Å². The number of hydrogen-bond donors (Lipinski definition) is 4. The zero-order valence-corrected chi connectivity index (χ0v) is 21.0. The van der Waals surface area contributed by atoms with Crippen LogP contribution >= 0.6 is 0 Å². The summed E-state index contributed by atoms with van der Waals surface area (Å²) in [4.78, 5) is 25.3. The van der Waals surface area contributed by atoms with E-state index in [0.717, 1.165) is 44.2 Å². The van der Waals surface area contributed by atoms with Gasteiger partial charge in [0.05, 0.1) is 11.9 Å². The minimum Gasteiger partial charge on any atom is -0.379 e. The molecule has 0 aliphatic heterocycles. The third-order valence-electron chi connectivity index (χ3n) is 6.34. The Morgan fingerprint density at radius 3 is 2.36 bits per heavy atom. The molecule has 0 radical (unpaired) electrons. The first-order chi connectivity index (χ1) is 17.3. The molecule has 0 spiro atoms. The Bertz CT molecular complexity index is 1330. The molecule has 14 heteroatoms. The number of carbonyl (C=O) groups excluding carboxylic acids is 1. The monoisotopic (exact) mass is 514 g/mol. The Balaban J connectivity index is 1.33. The topological polar surface area (TPSA) is 159 Å². The average molecular weight is 515 g/mol. The molecule has 4 N–H and O–H groups in total. The number of nitrogens with one attached hydrogen (secondary N) is 4. The summed E-state index contributed by atoms with van der Waals surface area (Å²) in [7, 11) is -0.419. The highest BCUT2D eigenvalue weighted by Crippen LogP contribution is 2.30. The van der Waals surface area contributed by atoms with E-state index in [1.807, 2.05) is 6.07 Å². The molecule has 3 heterocycles. The van der Waals surface area contributed by atoms with Gasteiger partial charge < -0.3 is 16.0 Å². The molecule has 0 unspecified atom stereocenters. The van der Waals surface area contributed by atoms with Gasteiger partial charge in [-0.2, -0.15) is 17.4 Å². The van der Waals surface area contributed by atoms with Crippen molar-refractivity contribution in [2.75, 3.05) is 30.0 Å². The van der Waals surface area contributed by atoms with E-state index in [1.54, 1.807) is 16.8 Å². The second kappa shape index (κ2) is 9.95. The summed E-state index contributed by atoms with van der Waals surface area (Å²) < 4.78 is 29.8. The highest BCUT2D eigenvalue weighted by atomic mass is 32.2. The van der Waals surface area contributed by atoms with Crippen molar-refractivity contribution in [3.05, 3.63) is 36.5 Å². The maximum Gasteiger partial charge on any atom is 0.279 e. The van der Waals surface area contributed by atoms with E-state index in [2.05, 4.69) is 40.7 Å². The van der Waals surface area contributed by atoms with E-state index in [-0.39, 0.29) is 23.7 Å². The number of nitrogens with zero attached hydrogens (tertiary/aromatic N) is 6. The van der Waals surface area contributed by atoms with E-state index in [1.165, 1.54) is 30.9 Å². The van der Waals surface area contributed by atoms with Crippen molar-refractivity contribution in [1.82, 2.24) is 33.6 Å². The molecule has 13 nitrogen and oxygen atoms in total. The molecule has 36 heavy (non-hydrogen) atoms. The van der Waals surface area contributed by atoms with Crippen LogP contribution < -0.4 is 20.7 Å². The molecule has 0 aromatic carbocycles. The highest BCUT2D eigenvalue weighted by molar-refractivity contribution is 7.87. The zero-order chi connectivity index (χ0) is 25.3. The number of imidazole rings is 1. The first-order valence-corrected chi connectivity index (χ1v) is 13.4. The van der Waals surface area contributed by atoms with Gasteiger partial charge in [-0.15, -0.1) is 5.10 Å². The van der Waals surface area contributed by atoms with Crippen molar-refractivity contribution in [1.29, 1.82) is 0 Å². The number of aromatic nitrogens is 5. The second-order valence-corrected chi connectivity index (χ2v) is 11.3. The van der Waals surface area contributed by atoms with Crippen molar-refractivity contribution in [3.63, 3.8) is 0 Å². The molecule has 3 aromatic heterocycles. The lowest BCUT2D eigenvalue weighted by Crippen LogP contribution is -2.44. The molecule has 2 saturated carbocycles. The van der Waals surface area contributed by atoms with Crippen LogP contribution in [-0.2, 0) is 10.2 Å². The largest absolute Gasteiger partial charge is 0.379 e. The van der Waals surface area contributed by atoms with Gasteiger partial charge in [0, 0.05) is 44.5 Å². The van der Waals surface area contributed by atoms with Gasteiger partial charge in [0.2, 0.25) is 0 Å². The molecule has 5 rings (SSSR count). The molecule has 192 valence electrons. The number of hydrogen-bond acceptors (Lipinski definition) is 9. The predicted molar refractivity (Wildman–Crippen MR) is 135 cm³/mol. The Labute approximate surface area is 209 Å². The normalized spacial score (nSPS) is 20.4. The predicted octanol–water partition coefficient (Wildman–Crippen LogP) is 1.46. The maximum absolute atomic E-state index is 13.0. The van der Waals surface area contributed by atoms with Gasteiger partial charge in [-0.05, 0) is 44.6 Å². The van der Waals surface area contributed by atoms with Crippen molar-refractivity contribution in [2.45, 2.75) is 56.7 Å². The molecular weight excluding hydrogens is 484 g/mol. The standard InChI is InChI=1S/C22H30N10O3S/c1-31(2)36(34,35)30-16-7-5-15(6-8-16)27-20-11-17(26-14-3-4-14)21-24-12-18(32(21)29-20)22(33)28-19-9-10-23-13-25-19/h9-16,26,30H,3-8H2,1-2H3,(H,27,29)(H,23,25,28,33). The van der Waals surface area contributed by atoms with Gasteiger partial charge in [0.25, 0.3) is 16.1 Å². The van der Waals surface area contributed by atoms with Crippen molar-refractivity contribution >= 4 is 39.1 Å². The van der Waals surface area contributed by atoms with E-state index in [4.69, 9.17) is 0 Å². The minimum atomic E-state index is -3.45. The summed E-state index contributed by atoms with van der Waals surface area (Å²) in [5, 5.41) is 14.4. The Hall–Kier alpha value is -3.36. The highest BCUT2D eigenvalue weighted by Gasteiger charge is 2.27. The molecule has 2 fully saturated rings. The summed E-state index contributed by atoms with van der Waals surface area (Å²) >= 11 is 0. The minimum absolute atomic E-state index is 0.0938. The summed E-state index contributed by atoms with van der Waals surface area (Å²) in [6.07, 6.45) is 9.61. The summed E-state index contributed by atoms with van der Waals surface area (Å²) in [6.45, 7) is 0. The van der Waals surface area contributed by atoms with Crippen LogP contribution in [0.25, 0.3) is 5.65 Å². The second-order valence-electron chi connectivity index (χ2n) is 9.39. The fourth-order valence-electron chi connectivity index (χ4n) is 4.17. The molecular formula is C22H30N10O3S. The third kappa shape index (κ3) is 5.55. The Kier molecular flexibility index (Phi) is 6.73. The van der Waals surface area contributed by atoms with Crippen LogP contribution in [0, 0.1) is 0 Å². The lowest BCUT2D eigenvalue weighted by Gasteiger charge is -2.30. The molecule has 2 aliphatic carbocycles. The van der Waals surface area contributed by atoms with E-state index >= 15 is 0 Å². The molecule has 0 saturated heterocycles. The molecule has 2 aliphatic rings. The van der Waals surface area contributed by atoms with Crippen molar-refractivity contribution < 1.29 is 13.2 Å². The van der Waals surface area contributed by atoms with E-state index in [9.17, 15) is 13.2 Å². The number of anilines is 3. The van der Waals surface area contributed by atoms with Crippen LogP contribution in [0.3, 0.4) is 0 Å². The lowest BCUT2D eigenvalue weighted by molar-refractivity contribution is 0.102. The van der Waals surface area contributed by atoms with Crippen LogP contribution in [0.1, 0.15) is 49.0 Å². The first-order valence-electron chi connectivity index (χ1n) is 12.0. The average Bonchev–Trinajstić information content (AvgIpc) is 3.56. The smallest absolute Gasteiger partial charge is 0.279 e. The Morgan fingerprint density at radius 1 is 1.00 bits per heavy atom. The molecule has 3 aromatic rings. The van der Waals surface area contributed by atoms with Crippen LogP contribution in [0.5, 0.6) is 0 Å². The fraction of sp³-hybridized carbons (Fsp3) is 0.500. The van der Waals surface area contributed by atoms with Crippen LogP contribution in [-0.4, -0.2) is 75.4 Å². The van der Waals surface area contributed by atoms with Gasteiger partial charge in [-0.3, -0.25) is 4.79 Å². The quantitative estimate of drug-likeness (QED) is 0.332. The molecule has 0 bridgehead atoms. The van der Waals surface area contributed by atoms with E-state index in [0.29, 0.717) is 23.3 Å². The third-order valence-corrected chi connectivity index (χ3v) is 7.93. The maximum atomic E-state index is 13.0. The van der Waals surface area contributed by atoms with E-state index < -0.39 is 10.2 Å². The summed E-state index contributed by atoms with van der Waals surface area (Å²) in [5.74, 6) is 0.631. The fourth-order valence-corrected chi connectivity index (χ4v) is 5.04. The number of rotatable bonds is 9. The number of amides is 1. The van der Waals surface area contributed by atoms with Crippen LogP contribution in [0.2, 0.25) is 0 Å². The number of fused-ring (bicyclic) bond motifs is 1. The summed E-state index contributed by atoms with van der Waals surface area (Å²) in [6, 6.07) is 3.96. The van der Waals surface area contributed by atoms with Gasteiger partial charge in [-0.1, -0.05) is 0 Å². The van der Waals surface area contributed by atoms with Gasteiger partial charge in [0.1, 0.15) is 18.0 Å². The van der Waals surface area contributed by atoms with Crippen molar-refractivity contribution in [3.8, 4) is 0 Å². The van der Waals surface area contributed by atoms with Gasteiger partial charge in [0.15, 0.2) is 11.3 Å².